The zero-order valence-corrected chi connectivity index (χ0v) is 13.4. The fourth-order valence-corrected chi connectivity index (χ4v) is 2.46. The van der Waals surface area contributed by atoms with Gasteiger partial charge in [0.15, 0.2) is 5.78 Å². The van der Waals surface area contributed by atoms with Crippen molar-refractivity contribution in [3.05, 3.63) is 50.2 Å². The van der Waals surface area contributed by atoms with E-state index in [-0.39, 0.29) is 12.2 Å². The highest BCUT2D eigenvalue weighted by molar-refractivity contribution is 6.42. The lowest BCUT2D eigenvalue weighted by Crippen LogP contribution is -2.10. The fraction of sp³-hybridized carbons (Fsp3) is 0.286. The summed E-state index contributed by atoms with van der Waals surface area (Å²) in [5.74, 6) is -0.0694. The normalized spacial score (nSPS) is 10.8. The minimum atomic E-state index is -0.0694. The van der Waals surface area contributed by atoms with Crippen molar-refractivity contribution in [3.63, 3.8) is 0 Å². The van der Waals surface area contributed by atoms with E-state index in [0.29, 0.717) is 27.2 Å². The number of hydrogen-bond donors (Lipinski definition) is 0. The van der Waals surface area contributed by atoms with Gasteiger partial charge >= 0.3 is 0 Å². The van der Waals surface area contributed by atoms with Gasteiger partial charge in [0, 0.05) is 12.1 Å². The number of rotatable bonds is 4. The third-order valence-electron chi connectivity index (χ3n) is 3.02. The number of aromatic nitrogens is 2. The van der Waals surface area contributed by atoms with E-state index in [4.69, 9.17) is 34.8 Å². The smallest absolute Gasteiger partial charge is 0.168 e. The molecule has 1 aromatic heterocycles. The lowest BCUT2D eigenvalue weighted by atomic mass is 10.1. The molecule has 0 aliphatic carbocycles. The van der Waals surface area contributed by atoms with Crippen molar-refractivity contribution in [2.45, 2.75) is 26.8 Å². The van der Waals surface area contributed by atoms with Crippen molar-refractivity contribution in [1.29, 1.82) is 0 Å². The van der Waals surface area contributed by atoms with Crippen LogP contribution in [0, 0.1) is 6.92 Å². The maximum Gasteiger partial charge on any atom is 0.168 e. The molecule has 0 N–H and O–H groups in total. The summed E-state index contributed by atoms with van der Waals surface area (Å²) in [5, 5.41) is 5.63. The topological polar surface area (TPSA) is 34.9 Å². The Morgan fingerprint density at radius 1 is 1.25 bits per heavy atom. The minimum Gasteiger partial charge on any atom is -0.294 e. The van der Waals surface area contributed by atoms with Gasteiger partial charge in [-0.25, -0.2) is 0 Å². The van der Waals surface area contributed by atoms with Gasteiger partial charge in [0.1, 0.15) is 0 Å². The SMILES string of the molecule is CCn1nc(C)c(Cl)c1CC(=O)c1ccc(Cl)c(Cl)c1. The van der Waals surface area contributed by atoms with Crippen molar-refractivity contribution in [3.8, 4) is 0 Å². The van der Waals surface area contributed by atoms with Crippen LogP contribution in [-0.2, 0) is 13.0 Å². The van der Waals surface area contributed by atoms with Gasteiger partial charge in [-0.05, 0) is 32.0 Å². The predicted octanol–water partition coefficient (Wildman–Crippen LogP) is 4.60. The summed E-state index contributed by atoms with van der Waals surface area (Å²) in [4.78, 5) is 12.3. The molecule has 20 heavy (non-hydrogen) atoms. The lowest BCUT2D eigenvalue weighted by Gasteiger charge is -2.06. The average Bonchev–Trinajstić information content (AvgIpc) is 2.69. The first kappa shape index (κ1) is 15.4. The van der Waals surface area contributed by atoms with Gasteiger partial charge in [0.2, 0.25) is 0 Å². The van der Waals surface area contributed by atoms with Crippen molar-refractivity contribution in [2.75, 3.05) is 0 Å². The van der Waals surface area contributed by atoms with Crippen molar-refractivity contribution in [2.24, 2.45) is 0 Å². The van der Waals surface area contributed by atoms with Gasteiger partial charge in [-0.1, -0.05) is 34.8 Å². The number of nitrogens with zero attached hydrogens (tertiary/aromatic N) is 2. The molecule has 0 bridgehead atoms. The van der Waals surface area contributed by atoms with Gasteiger partial charge < -0.3 is 0 Å². The first-order chi connectivity index (χ1) is 9.43. The fourth-order valence-electron chi connectivity index (χ4n) is 1.96. The Labute approximate surface area is 132 Å². The van der Waals surface area contributed by atoms with Gasteiger partial charge in [0.25, 0.3) is 0 Å². The summed E-state index contributed by atoms with van der Waals surface area (Å²) in [6.45, 7) is 4.44. The van der Waals surface area contributed by atoms with Crippen LogP contribution in [-0.4, -0.2) is 15.6 Å². The summed E-state index contributed by atoms with van der Waals surface area (Å²) in [6.07, 6.45) is 0.186. The molecular weight excluding hydrogens is 319 g/mol. The Morgan fingerprint density at radius 3 is 2.55 bits per heavy atom. The Hall–Kier alpha value is -1.03. The van der Waals surface area contributed by atoms with E-state index < -0.39 is 0 Å². The molecule has 0 aliphatic rings. The highest BCUT2D eigenvalue weighted by Crippen LogP contribution is 2.25. The molecule has 0 radical (unpaired) electrons. The van der Waals surface area contributed by atoms with E-state index in [1.54, 1.807) is 22.9 Å². The number of aryl methyl sites for hydroxylation is 2. The number of carbonyl (C=O) groups is 1. The first-order valence-electron chi connectivity index (χ1n) is 6.14. The van der Waals surface area contributed by atoms with Crippen LogP contribution in [0.15, 0.2) is 18.2 Å². The second kappa shape index (κ2) is 6.17. The monoisotopic (exact) mass is 330 g/mol. The molecule has 0 unspecified atom stereocenters. The molecule has 0 aliphatic heterocycles. The lowest BCUT2D eigenvalue weighted by molar-refractivity contribution is 0.0990. The molecule has 2 aromatic rings. The molecule has 6 heteroatoms. The zero-order valence-electron chi connectivity index (χ0n) is 11.1. The van der Waals surface area contributed by atoms with Crippen LogP contribution in [0.3, 0.4) is 0 Å². The highest BCUT2D eigenvalue weighted by atomic mass is 35.5. The van der Waals surface area contributed by atoms with Gasteiger partial charge in [-0.2, -0.15) is 5.10 Å². The van der Waals surface area contributed by atoms with Crippen LogP contribution in [0.4, 0.5) is 0 Å². The number of carbonyl (C=O) groups excluding carboxylic acids is 1. The molecule has 1 aromatic carbocycles. The summed E-state index contributed by atoms with van der Waals surface area (Å²) in [6, 6.07) is 4.84. The Morgan fingerprint density at radius 2 is 1.95 bits per heavy atom. The Kier molecular flexibility index (Phi) is 4.74. The van der Waals surface area contributed by atoms with E-state index in [1.165, 1.54) is 0 Å². The minimum absolute atomic E-state index is 0.0694. The van der Waals surface area contributed by atoms with Crippen LogP contribution in [0.5, 0.6) is 0 Å². The number of hydrogen-bond acceptors (Lipinski definition) is 2. The second-order valence-corrected chi connectivity index (χ2v) is 5.58. The van der Waals surface area contributed by atoms with Crippen molar-refractivity contribution in [1.82, 2.24) is 9.78 Å². The quantitative estimate of drug-likeness (QED) is 0.768. The molecular formula is C14H13Cl3N2O. The molecule has 0 fully saturated rings. The molecule has 3 nitrogen and oxygen atoms in total. The molecule has 2 rings (SSSR count). The predicted molar refractivity (Wildman–Crippen MR) is 82.1 cm³/mol. The Bertz CT molecular complexity index is 665. The van der Waals surface area contributed by atoms with E-state index in [9.17, 15) is 4.79 Å². The number of ketones is 1. The van der Waals surface area contributed by atoms with E-state index in [1.807, 2.05) is 13.8 Å². The van der Waals surface area contributed by atoms with Crippen molar-refractivity contribution < 1.29 is 4.79 Å². The standard InChI is InChI=1S/C14H13Cl3N2O/c1-3-19-12(14(17)8(2)18-19)7-13(20)9-4-5-10(15)11(16)6-9/h4-6H,3,7H2,1-2H3. The third-order valence-corrected chi connectivity index (χ3v) is 4.25. The number of benzene rings is 1. The summed E-state index contributed by atoms with van der Waals surface area (Å²) in [5.41, 5.74) is 1.96. The van der Waals surface area contributed by atoms with Crippen LogP contribution in [0.2, 0.25) is 15.1 Å². The number of Topliss-reactive ketones (excluding diaryl/α,β-unsaturated/α-hetero) is 1. The molecule has 0 atom stereocenters. The third kappa shape index (κ3) is 3.00. The van der Waals surface area contributed by atoms with E-state index in [2.05, 4.69) is 5.10 Å². The zero-order chi connectivity index (χ0) is 14.9. The summed E-state index contributed by atoms with van der Waals surface area (Å²) < 4.78 is 1.74. The maximum absolute atomic E-state index is 12.3. The highest BCUT2D eigenvalue weighted by Gasteiger charge is 2.17. The largest absolute Gasteiger partial charge is 0.294 e. The molecule has 1 heterocycles. The molecule has 0 saturated heterocycles. The Balaban J connectivity index is 2.30. The molecule has 106 valence electrons. The molecule has 0 saturated carbocycles. The van der Waals surface area contributed by atoms with Crippen molar-refractivity contribution >= 4 is 40.6 Å². The molecule has 0 spiro atoms. The van der Waals surface area contributed by atoms with E-state index in [0.717, 1.165) is 11.4 Å². The van der Waals surface area contributed by atoms with E-state index >= 15 is 0 Å². The van der Waals surface area contributed by atoms with Gasteiger partial charge in [0.05, 0.1) is 32.9 Å². The summed E-state index contributed by atoms with van der Waals surface area (Å²) >= 11 is 18.0. The van der Waals surface area contributed by atoms with Gasteiger partial charge in [-0.3, -0.25) is 9.48 Å². The average molecular weight is 332 g/mol. The maximum atomic E-state index is 12.3. The van der Waals surface area contributed by atoms with Crippen LogP contribution >= 0.6 is 34.8 Å². The summed E-state index contributed by atoms with van der Waals surface area (Å²) in [7, 11) is 0. The number of halogens is 3. The first-order valence-corrected chi connectivity index (χ1v) is 7.27. The van der Waals surface area contributed by atoms with Gasteiger partial charge in [-0.15, -0.1) is 0 Å². The molecule has 0 amide bonds. The van der Waals surface area contributed by atoms with Crippen LogP contribution in [0.1, 0.15) is 28.7 Å². The van der Waals surface area contributed by atoms with Crippen LogP contribution < -0.4 is 0 Å². The van der Waals surface area contributed by atoms with Crippen LogP contribution in [0.25, 0.3) is 0 Å². The second-order valence-electron chi connectivity index (χ2n) is 4.39.